The van der Waals surface area contributed by atoms with Gasteiger partial charge < -0.3 is 0 Å². The molecule has 0 bridgehead atoms. The van der Waals surface area contributed by atoms with Crippen LogP contribution in [0.25, 0.3) is 32.8 Å². The third kappa shape index (κ3) is 1.98. The van der Waals surface area contributed by atoms with Gasteiger partial charge in [0.2, 0.25) is 0 Å². The Labute approximate surface area is 123 Å². The molecule has 21 heavy (non-hydrogen) atoms. The number of hydrogen-bond donors (Lipinski definition) is 0. The fraction of sp³-hybridized carbons (Fsp3) is 0.0500. The summed E-state index contributed by atoms with van der Waals surface area (Å²) >= 11 is 0. The van der Waals surface area contributed by atoms with Gasteiger partial charge in [-0.25, -0.2) is 0 Å². The molecule has 1 heterocycles. The Morgan fingerprint density at radius 2 is 1.43 bits per heavy atom. The van der Waals surface area contributed by atoms with Crippen molar-refractivity contribution >= 4 is 21.5 Å². The number of aryl methyl sites for hydroxylation is 1. The van der Waals surface area contributed by atoms with E-state index in [1.165, 1.54) is 32.7 Å². The van der Waals surface area contributed by atoms with E-state index in [4.69, 9.17) is 0 Å². The molecule has 0 aliphatic rings. The molecule has 0 amide bonds. The minimum atomic E-state index is 1.03. The second-order valence-corrected chi connectivity index (χ2v) is 5.41. The molecule has 1 nitrogen and oxygen atoms in total. The lowest BCUT2D eigenvalue weighted by atomic mass is 9.95. The van der Waals surface area contributed by atoms with Crippen LogP contribution in [0.4, 0.5) is 0 Å². The SMILES string of the molecule is Cc1ccc(-c2cc3ccccc3c3ccccc23)nc1. The van der Waals surface area contributed by atoms with Gasteiger partial charge in [-0.1, -0.05) is 54.6 Å². The van der Waals surface area contributed by atoms with Crippen molar-refractivity contribution in [1.29, 1.82) is 0 Å². The van der Waals surface area contributed by atoms with E-state index in [-0.39, 0.29) is 0 Å². The molecule has 0 aliphatic heterocycles. The van der Waals surface area contributed by atoms with Crippen molar-refractivity contribution in [1.82, 2.24) is 4.98 Å². The first-order valence-corrected chi connectivity index (χ1v) is 7.16. The predicted molar refractivity (Wildman–Crippen MR) is 89.4 cm³/mol. The van der Waals surface area contributed by atoms with Gasteiger partial charge in [0.15, 0.2) is 0 Å². The second-order valence-electron chi connectivity index (χ2n) is 5.41. The average Bonchev–Trinajstić information content (AvgIpc) is 2.55. The Morgan fingerprint density at radius 3 is 2.19 bits per heavy atom. The Bertz CT molecular complexity index is 937. The zero-order valence-electron chi connectivity index (χ0n) is 11.9. The van der Waals surface area contributed by atoms with E-state index in [2.05, 4.69) is 78.6 Å². The van der Waals surface area contributed by atoms with Gasteiger partial charge in [0.05, 0.1) is 5.69 Å². The smallest absolute Gasteiger partial charge is 0.0708 e. The molecule has 1 aromatic heterocycles. The molecule has 0 radical (unpaired) electrons. The summed E-state index contributed by atoms with van der Waals surface area (Å²) in [6.07, 6.45) is 1.93. The third-order valence-corrected chi connectivity index (χ3v) is 3.96. The van der Waals surface area contributed by atoms with E-state index in [1.807, 2.05) is 6.20 Å². The normalized spacial score (nSPS) is 11.1. The molecule has 3 aromatic carbocycles. The van der Waals surface area contributed by atoms with E-state index < -0.39 is 0 Å². The van der Waals surface area contributed by atoms with Crippen molar-refractivity contribution < 1.29 is 0 Å². The van der Waals surface area contributed by atoms with Crippen LogP contribution in [-0.2, 0) is 0 Å². The highest BCUT2D eigenvalue weighted by molar-refractivity contribution is 6.13. The van der Waals surface area contributed by atoms with E-state index in [0.717, 1.165) is 5.69 Å². The highest BCUT2D eigenvalue weighted by Crippen LogP contribution is 2.33. The van der Waals surface area contributed by atoms with Gasteiger partial charge >= 0.3 is 0 Å². The first kappa shape index (κ1) is 12.1. The predicted octanol–water partition coefficient (Wildman–Crippen LogP) is 5.36. The van der Waals surface area contributed by atoms with Gasteiger partial charge in [-0.15, -0.1) is 0 Å². The van der Waals surface area contributed by atoms with E-state index in [1.54, 1.807) is 0 Å². The van der Waals surface area contributed by atoms with Gasteiger partial charge in [0.1, 0.15) is 0 Å². The molecule has 100 valence electrons. The van der Waals surface area contributed by atoms with Crippen molar-refractivity contribution in [3.05, 3.63) is 78.5 Å². The minimum absolute atomic E-state index is 1.03. The number of nitrogens with zero attached hydrogens (tertiary/aromatic N) is 1. The van der Waals surface area contributed by atoms with Crippen LogP contribution in [0.3, 0.4) is 0 Å². The van der Waals surface area contributed by atoms with Crippen LogP contribution in [0.1, 0.15) is 5.56 Å². The van der Waals surface area contributed by atoms with Gasteiger partial charge in [-0.2, -0.15) is 0 Å². The first-order chi connectivity index (χ1) is 10.3. The van der Waals surface area contributed by atoms with Gasteiger partial charge in [-0.05, 0) is 46.2 Å². The zero-order valence-corrected chi connectivity index (χ0v) is 11.9. The van der Waals surface area contributed by atoms with Crippen molar-refractivity contribution in [3.8, 4) is 11.3 Å². The largest absolute Gasteiger partial charge is 0.256 e. The minimum Gasteiger partial charge on any atom is -0.256 e. The Morgan fingerprint density at radius 1 is 0.714 bits per heavy atom. The standard InChI is InChI=1S/C20H15N/c1-14-10-11-20(21-13-14)19-12-15-6-2-3-7-16(15)17-8-4-5-9-18(17)19/h2-13H,1H3. The zero-order chi connectivity index (χ0) is 14.2. The van der Waals surface area contributed by atoms with Crippen LogP contribution < -0.4 is 0 Å². The summed E-state index contributed by atoms with van der Waals surface area (Å²) in [6, 6.07) is 23.6. The Hall–Kier alpha value is -2.67. The lowest BCUT2D eigenvalue weighted by molar-refractivity contribution is 1.27. The van der Waals surface area contributed by atoms with E-state index in [0.29, 0.717) is 0 Å². The molecule has 0 spiro atoms. The van der Waals surface area contributed by atoms with Gasteiger partial charge in [-0.3, -0.25) is 4.98 Å². The summed E-state index contributed by atoms with van der Waals surface area (Å²) in [4.78, 5) is 4.61. The van der Waals surface area contributed by atoms with Crippen molar-refractivity contribution in [3.63, 3.8) is 0 Å². The lowest BCUT2D eigenvalue weighted by Crippen LogP contribution is -1.87. The Balaban J connectivity index is 2.13. The number of pyridine rings is 1. The maximum atomic E-state index is 4.61. The maximum absolute atomic E-state index is 4.61. The number of benzene rings is 3. The lowest BCUT2D eigenvalue weighted by Gasteiger charge is -2.10. The molecular weight excluding hydrogens is 254 g/mol. The van der Waals surface area contributed by atoms with Crippen LogP contribution in [0.5, 0.6) is 0 Å². The first-order valence-electron chi connectivity index (χ1n) is 7.16. The summed E-state index contributed by atoms with van der Waals surface area (Å²) < 4.78 is 0. The highest BCUT2D eigenvalue weighted by Gasteiger charge is 2.08. The fourth-order valence-corrected chi connectivity index (χ4v) is 2.89. The van der Waals surface area contributed by atoms with E-state index in [9.17, 15) is 0 Å². The van der Waals surface area contributed by atoms with Crippen LogP contribution in [0, 0.1) is 6.92 Å². The molecule has 0 unspecified atom stereocenters. The summed E-state index contributed by atoms with van der Waals surface area (Å²) in [5.41, 5.74) is 3.41. The van der Waals surface area contributed by atoms with Gasteiger partial charge in [0.25, 0.3) is 0 Å². The van der Waals surface area contributed by atoms with Crippen molar-refractivity contribution in [2.24, 2.45) is 0 Å². The summed E-state index contributed by atoms with van der Waals surface area (Å²) in [6.45, 7) is 2.06. The molecule has 4 rings (SSSR count). The van der Waals surface area contributed by atoms with Crippen LogP contribution >= 0.6 is 0 Å². The molecule has 0 N–H and O–H groups in total. The fourth-order valence-electron chi connectivity index (χ4n) is 2.89. The summed E-state index contributed by atoms with van der Waals surface area (Å²) in [5.74, 6) is 0. The maximum Gasteiger partial charge on any atom is 0.0708 e. The molecule has 0 saturated heterocycles. The molecule has 0 atom stereocenters. The number of aromatic nitrogens is 1. The molecular formula is C20H15N. The highest BCUT2D eigenvalue weighted by atomic mass is 14.7. The molecule has 0 aliphatic carbocycles. The van der Waals surface area contributed by atoms with E-state index >= 15 is 0 Å². The second kappa shape index (κ2) is 4.71. The summed E-state index contributed by atoms with van der Waals surface area (Å²) in [7, 11) is 0. The van der Waals surface area contributed by atoms with Crippen molar-refractivity contribution in [2.45, 2.75) is 6.92 Å². The molecule has 0 fully saturated rings. The number of fused-ring (bicyclic) bond motifs is 3. The number of rotatable bonds is 1. The average molecular weight is 269 g/mol. The number of hydrogen-bond acceptors (Lipinski definition) is 1. The van der Waals surface area contributed by atoms with Gasteiger partial charge in [0, 0.05) is 11.8 Å². The Kier molecular flexibility index (Phi) is 2.71. The molecule has 4 aromatic rings. The van der Waals surface area contributed by atoms with Crippen LogP contribution in [0.2, 0.25) is 0 Å². The monoisotopic (exact) mass is 269 g/mol. The van der Waals surface area contributed by atoms with Crippen LogP contribution in [0.15, 0.2) is 72.9 Å². The van der Waals surface area contributed by atoms with Crippen molar-refractivity contribution in [2.75, 3.05) is 0 Å². The van der Waals surface area contributed by atoms with Crippen LogP contribution in [-0.4, -0.2) is 4.98 Å². The molecule has 0 saturated carbocycles. The molecule has 1 heteroatoms. The topological polar surface area (TPSA) is 12.9 Å². The quantitative estimate of drug-likeness (QED) is 0.424. The summed E-state index contributed by atoms with van der Waals surface area (Å²) in [5, 5.41) is 5.10. The third-order valence-electron chi connectivity index (χ3n) is 3.96.